The lowest BCUT2D eigenvalue weighted by Gasteiger charge is -2.06. The first-order chi connectivity index (χ1) is 10.1. The number of benzene rings is 2. The molecule has 0 aromatic heterocycles. The number of anilines is 1. The molecule has 0 aliphatic heterocycles. The third-order valence-corrected chi connectivity index (χ3v) is 3.31. The summed E-state index contributed by atoms with van der Waals surface area (Å²) >= 11 is 3.38. The highest BCUT2D eigenvalue weighted by atomic mass is 79.9. The molecule has 1 amide bonds. The van der Waals surface area contributed by atoms with Crippen LogP contribution < -0.4 is 10.7 Å². The molecule has 0 saturated heterocycles. The maximum absolute atomic E-state index is 11.7. The quantitative estimate of drug-likeness (QED) is 0.644. The molecule has 2 aromatic rings. The van der Waals surface area contributed by atoms with Gasteiger partial charge in [0.05, 0.1) is 12.3 Å². The Morgan fingerprint density at radius 3 is 2.62 bits per heavy atom. The molecular formula is C16H16BrN3O. The van der Waals surface area contributed by atoms with E-state index in [1.54, 1.807) is 0 Å². The number of hydrogen-bond donors (Lipinski definition) is 2. The van der Waals surface area contributed by atoms with Crippen molar-refractivity contribution >= 4 is 33.2 Å². The number of carbonyl (C=O) groups is 1. The fourth-order valence-electron chi connectivity index (χ4n) is 1.71. The van der Waals surface area contributed by atoms with Crippen molar-refractivity contribution < 1.29 is 4.79 Å². The van der Waals surface area contributed by atoms with Gasteiger partial charge in [0.25, 0.3) is 5.91 Å². The molecule has 5 heteroatoms. The minimum absolute atomic E-state index is 0.169. The van der Waals surface area contributed by atoms with Crippen molar-refractivity contribution in [2.75, 3.05) is 11.9 Å². The molecule has 2 aromatic carbocycles. The molecule has 4 nitrogen and oxygen atoms in total. The lowest BCUT2D eigenvalue weighted by atomic mass is 10.1. The first-order valence-electron chi connectivity index (χ1n) is 6.53. The van der Waals surface area contributed by atoms with Crippen LogP contribution in [0.15, 0.2) is 64.2 Å². The largest absolute Gasteiger partial charge is 0.376 e. The zero-order valence-electron chi connectivity index (χ0n) is 11.6. The van der Waals surface area contributed by atoms with Crippen LogP contribution in [-0.2, 0) is 4.79 Å². The number of carbonyl (C=O) groups excluding carboxylic acids is 1. The van der Waals surface area contributed by atoms with E-state index >= 15 is 0 Å². The predicted molar refractivity (Wildman–Crippen MR) is 89.4 cm³/mol. The van der Waals surface area contributed by atoms with E-state index in [0.29, 0.717) is 0 Å². The highest BCUT2D eigenvalue weighted by Crippen LogP contribution is 2.15. The van der Waals surface area contributed by atoms with Crippen LogP contribution >= 0.6 is 15.9 Å². The van der Waals surface area contributed by atoms with E-state index in [1.807, 2.05) is 61.5 Å². The zero-order chi connectivity index (χ0) is 15.1. The SMILES string of the molecule is C/C(=N/NC(=O)CNc1cccc(Br)c1)c1ccccc1. The van der Waals surface area contributed by atoms with E-state index < -0.39 is 0 Å². The Morgan fingerprint density at radius 1 is 1.14 bits per heavy atom. The van der Waals surface area contributed by atoms with E-state index in [1.165, 1.54) is 0 Å². The van der Waals surface area contributed by atoms with Crippen molar-refractivity contribution in [1.82, 2.24) is 5.43 Å². The van der Waals surface area contributed by atoms with E-state index in [0.717, 1.165) is 21.4 Å². The Hall–Kier alpha value is -2.14. The Balaban J connectivity index is 1.85. The molecule has 0 aliphatic rings. The van der Waals surface area contributed by atoms with Crippen molar-refractivity contribution in [3.63, 3.8) is 0 Å². The fraction of sp³-hybridized carbons (Fsp3) is 0.125. The van der Waals surface area contributed by atoms with Crippen LogP contribution in [0.4, 0.5) is 5.69 Å². The topological polar surface area (TPSA) is 53.5 Å². The van der Waals surface area contributed by atoms with Gasteiger partial charge in [-0.05, 0) is 30.7 Å². The summed E-state index contributed by atoms with van der Waals surface area (Å²) in [6.45, 7) is 2.03. The molecule has 0 bridgehead atoms. The maximum atomic E-state index is 11.7. The molecule has 0 heterocycles. The minimum atomic E-state index is -0.190. The number of nitrogens with zero attached hydrogens (tertiary/aromatic N) is 1. The molecule has 2 rings (SSSR count). The molecule has 0 spiro atoms. The number of hydrogen-bond acceptors (Lipinski definition) is 3. The summed E-state index contributed by atoms with van der Waals surface area (Å²) in [4.78, 5) is 11.7. The summed E-state index contributed by atoms with van der Waals surface area (Å²) in [5.41, 5.74) is 5.17. The molecule has 0 saturated carbocycles. The number of rotatable bonds is 5. The van der Waals surface area contributed by atoms with Crippen LogP contribution in [-0.4, -0.2) is 18.2 Å². The molecule has 0 radical (unpaired) electrons. The van der Waals surface area contributed by atoms with Gasteiger partial charge in [-0.3, -0.25) is 4.79 Å². The molecule has 0 atom stereocenters. The van der Waals surface area contributed by atoms with Gasteiger partial charge in [0.15, 0.2) is 0 Å². The number of halogens is 1. The smallest absolute Gasteiger partial charge is 0.259 e. The molecule has 2 N–H and O–H groups in total. The summed E-state index contributed by atoms with van der Waals surface area (Å²) in [6.07, 6.45) is 0. The zero-order valence-corrected chi connectivity index (χ0v) is 13.2. The Labute approximate surface area is 132 Å². The van der Waals surface area contributed by atoms with Crippen molar-refractivity contribution in [2.45, 2.75) is 6.92 Å². The monoisotopic (exact) mass is 345 g/mol. The van der Waals surface area contributed by atoms with Crippen LogP contribution in [0.1, 0.15) is 12.5 Å². The highest BCUT2D eigenvalue weighted by Gasteiger charge is 2.01. The van der Waals surface area contributed by atoms with Gasteiger partial charge in [0, 0.05) is 10.2 Å². The predicted octanol–water partition coefficient (Wildman–Crippen LogP) is 3.40. The minimum Gasteiger partial charge on any atom is -0.376 e. The second-order valence-corrected chi connectivity index (χ2v) is 5.38. The van der Waals surface area contributed by atoms with E-state index in [-0.39, 0.29) is 12.5 Å². The van der Waals surface area contributed by atoms with Gasteiger partial charge in [0.1, 0.15) is 0 Å². The lowest BCUT2D eigenvalue weighted by molar-refractivity contribution is -0.119. The highest BCUT2D eigenvalue weighted by molar-refractivity contribution is 9.10. The Bertz CT molecular complexity index is 641. The standard InChI is InChI=1S/C16H16BrN3O/c1-12(13-6-3-2-4-7-13)19-20-16(21)11-18-15-9-5-8-14(17)10-15/h2-10,18H,11H2,1H3,(H,20,21)/b19-12-. The lowest BCUT2D eigenvalue weighted by Crippen LogP contribution is -2.26. The number of hydrazone groups is 1. The van der Waals surface area contributed by atoms with Gasteiger partial charge < -0.3 is 5.32 Å². The second-order valence-electron chi connectivity index (χ2n) is 4.46. The van der Waals surface area contributed by atoms with Gasteiger partial charge in [-0.15, -0.1) is 0 Å². The number of nitrogens with one attached hydrogen (secondary N) is 2. The summed E-state index contributed by atoms with van der Waals surface area (Å²) < 4.78 is 0.964. The van der Waals surface area contributed by atoms with Gasteiger partial charge in [0.2, 0.25) is 0 Å². The van der Waals surface area contributed by atoms with E-state index in [9.17, 15) is 4.79 Å². The van der Waals surface area contributed by atoms with Gasteiger partial charge in [-0.2, -0.15) is 5.10 Å². The van der Waals surface area contributed by atoms with Crippen molar-refractivity contribution in [3.8, 4) is 0 Å². The average molecular weight is 346 g/mol. The molecular weight excluding hydrogens is 330 g/mol. The maximum Gasteiger partial charge on any atom is 0.259 e. The molecule has 0 unspecified atom stereocenters. The third kappa shape index (κ3) is 5.04. The molecule has 21 heavy (non-hydrogen) atoms. The van der Waals surface area contributed by atoms with Gasteiger partial charge in [-0.25, -0.2) is 5.43 Å². The van der Waals surface area contributed by atoms with E-state index in [4.69, 9.17) is 0 Å². The normalized spacial score (nSPS) is 11.0. The Morgan fingerprint density at radius 2 is 1.90 bits per heavy atom. The summed E-state index contributed by atoms with van der Waals surface area (Å²) in [5, 5.41) is 7.13. The van der Waals surface area contributed by atoms with Crippen LogP contribution in [0.3, 0.4) is 0 Å². The first-order valence-corrected chi connectivity index (χ1v) is 7.32. The second kappa shape index (κ2) is 7.59. The average Bonchev–Trinajstić information content (AvgIpc) is 2.51. The van der Waals surface area contributed by atoms with Crippen LogP contribution in [0.5, 0.6) is 0 Å². The van der Waals surface area contributed by atoms with E-state index in [2.05, 4.69) is 31.8 Å². The first kappa shape index (κ1) is 15.3. The molecule has 108 valence electrons. The van der Waals surface area contributed by atoms with Gasteiger partial charge >= 0.3 is 0 Å². The Kier molecular flexibility index (Phi) is 5.51. The summed E-state index contributed by atoms with van der Waals surface area (Å²) in [7, 11) is 0. The molecule has 0 fully saturated rings. The molecule has 0 aliphatic carbocycles. The van der Waals surface area contributed by atoms with Crippen molar-refractivity contribution in [1.29, 1.82) is 0 Å². The van der Waals surface area contributed by atoms with Crippen LogP contribution in [0, 0.1) is 0 Å². The third-order valence-electron chi connectivity index (χ3n) is 2.82. The van der Waals surface area contributed by atoms with Gasteiger partial charge in [-0.1, -0.05) is 52.3 Å². The summed E-state index contributed by atoms with van der Waals surface area (Å²) in [5.74, 6) is -0.190. The van der Waals surface area contributed by atoms with Crippen LogP contribution in [0.2, 0.25) is 0 Å². The van der Waals surface area contributed by atoms with Crippen molar-refractivity contribution in [3.05, 3.63) is 64.6 Å². The summed E-state index contributed by atoms with van der Waals surface area (Å²) in [6, 6.07) is 17.4. The number of amides is 1. The van der Waals surface area contributed by atoms with Crippen molar-refractivity contribution in [2.24, 2.45) is 5.10 Å². The fourth-order valence-corrected chi connectivity index (χ4v) is 2.11. The van der Waals surface area contributed by atoms with Crippen LogP contribution in [0.25, 0.3) is 0 Å².